The third kappa shape index (κ3) is 3.32. The molecule has 0 spiro atoms. The SMILES string of the molecule is Brc1ccc(-c2cccc(C3=Cc4ccccc4[B]3)c2C2=Cc3ccccc3[B]2)nc1. The van der Waals surface area contributed by atoms with Gasteiger partial charge in [-0.25, -0.2) is 0 Å². The fourth-order valence-corrected chi connectivity index (χ4v) is 4.69. The Morgan fingerprint density at radius 1 is 0.613 bits per heavy atom. The van der Waals surface area contributed by atoms with Gasteiger partial charge in [-0.05, 0) is 50.3 Å². The van der Waals surface area contributed by atoms with Crippen molar-refractivity contribution in [3.63, 3.8) is 0 Å². The first-order valence-electron chi connectivity index (χ1n) is 10.3. The highest BCUT2D eigenvalue weighted by molar-refractivity contribution is 9.10. The summed E-state index contributed by atoms with van der Waals surface area (Å²) in [6, 6.07) is 27.8. The largest absolute Gasteiger partial charge is 0.255 e. The Balaban J connectivity index is 1.55. The van der Waals surface area contributed by atoms with Crippen LogP contribution in [-0.4, -0.2) is 19.5 Å². The van der Waals surface area contributed by atoms with Crippen LogP contribution >= 0.6 is 15.9 Å². The second kappa shape index (κ2) is 7.55. The summed E-state index contributed by atoms with van der Waals surface area (Å²) in [4.78, 5) is 4.72. The van der Waals surface area contributed by atoms with Crippen molar-refractivity contribution in [3.8, 4) is 11.3 Å². The number of aromatic nitrogens is 1. The number of fused-ring (bicyclic) bond motifs is 2. The fourth-order valence-electron chi connectivity index (χ4n) is 4.45. The molecule has 0 fully saturated rings. The van der Waals surface area contributed by atoms with E-state index in [0.717, 1.165) is 15.7 Å². The van der Waals surface area contributed by atoms with Crippen LogP contribution in [0.5, 0.6) is 0 Å². The van der Waals surface area contributed by atoms with Gasteiger partial charge in [-0.15, -0.1) is 0 Å². The zero-order chi connectivity index (χ0) is 20.8. The van der Waals surface area contributed by atoms with Crippen LogP contribution in [0, 0.1) is 0 Å². The van der Waals surface area contributed by atoms with Crippen molar-refractivity contribution in [3.05, 3.63) is 112 Å². The molecule has 1 nitrogen and oxygen atoms in total. The number of benzene rings is 3. The molecule has 0 unspecified atom stereocenters. The molecule has 0 aliphatic carbocycles. The van der Waals surface area contributed by atoms with E-state index in [0.29, 0.717) is 0 Å². The number of pyridine rings is 1. The third-order valence-electron chi connectivity index (χ3n) is 5.90. The van der Waals surface area contributed by atoms with E-state index in [1.807, 2.05) is 6.20 Å². The summed E-state index contributed by atoms with van der Waals surface area (Å²) >= 11 is 3.51. The standard InChI is InChI=1S/C27H16B2BrN/c30-19-12-13-26(31-16-19)21-9-5-8-20(24-14-17-6-1-3-10-22(17)28-24)27(21)25-15-18-7-2-4-11-23(18)29-25/h1-16H. The lowest BCUT2D eigenvalue weighted by atomic mass is 9.59. The lowest BCUT2D eigenvalue weighted by Crippen LogP contribution is -2.15. The third-order valence-corrected chi connectivity index (χ3v) is 6.37. The van der Waals surface area contributed by atoms with Gasteiger partial charge in [-0.3, -0.25) is 4.98 Å². The number of nitrogens with zero attached hydrogens (tertiary/aromatic N) is 1. The van der Waals surface area contributed by atoms with E-state index in [1.165, 1.54) is 44.1 Å². The van der Waals surface area contributed by atoms with Gasteiger partial charge in [-0.2, -0.15) is 0 Å². The molecule has 0 N–H and O–H groups in total. The van der Waals surface area contributed by atoms with Crippen LogP contribution in [0.2, 0.25) is 0 Å². The van der Waals surface area contributed by atoms with Crippen molar-refractivity contribution >= 4 is 64.5 Å². The smallest absolute Gasteiger partial charge is 0.193 e. The predicted molar refractivity (Wildman–Crippen MR) is 137 cm³/mol. The topological polar surface area (TPSA) is 12.9 Å². The summed E-state index contributed by atoms with van der Waals surface area (Å²) in [5, 5.41) is 0. The maximum absolute atomic E-state index is 4.72. The monoisotopic (exact) mass is 455 g/mol. The fraction of sp³-hybridized carbons (Fsp3) is 0. The van der Waals surface area contributed by atoms with E-state index in [1.54, 1.807) is 0 Å². The molecule has 2 aliphatic heterocycles. The Kier molecular flexibility index (Phi) is 4.54. The summed E-state index contributed by atoms with van der Waals surface area (Å²) in [7, 11) is 4.58. The van der Waals surface area contributed by atoms with Gasteiger partial charge < -0.3 is 0 Å². The lowest BCUT2D eigenvalue weighted by molar-refractivity contribution is 1.30. The summed E-state index contributed by atoms with van der Waals surface area (Å²) in [5.41, 5.74) is 12.1. The molecule has 0 bridgehead atoms. The number of hydrogen-bond donors (Lipinski definition) is 0. The molecule has 1 aromatic heterocycles. The van der Waals surface area contributed by atoms with Crippen LogP contribution in [0.1, 0.15) is 22.3 Å². The maximum atomic E-state index is 4.72. The second-order valence-electron chi connectivity index (χ2n) is 7.84. The molecule has 2 aliphatic rings. The first-order valence-corrected chi connectivity index (χ1v) is 11.1. The Labute approximate surface area is 192 Å². The minimum absolute atomic E-state index is 0.974. The molecule has 142 valence electrons. The zero-order valence-electron chi connectivity index (χ0n) is 16.7. The van der Waals surface area contributed by atoms with Crippen LogP contribution < -0.4 is 10.9 Å². The molecule has 4 aromatic rings. The van der Waals surface area contributed by atoms with Gasteiger partial charge in [0.25, 0.3) is 0 Å². The number of halogens is 1. The summed E-state index contributed by atoms with van der Waals surface area (Å²) in [6.07, 6.45) is 6.44. The first kappa shape index (κ1) is 18.7. The van der Waals surface area contributed by atoms with Gasteiger partial charge in [0.05, 0.1) is 5.69 Å². The molecule has 6 rings (SSSR count). The average Bonchev–Trinajstić information content (AvgIpc) is 3.43. The van der Waals surface area contributed by atoms with E-state index in [-0.39, 0.29) is 0 Å². The molecule has 0 saturated heterocycles. The molecular weight excluding hydrogens is 440 g/mol. The van der Waals surface area contributed by atoms with Gasteiger partial charge in [0.15, 0.2) is 14.6 Å². The Bertz CT molecular complexity index is 1390. The lowest BCUT2D eigenvalue weighted by Gasteiger charge is -2.17. The highest BCUT2D eigenvalue weighted by atomic mass is 79.9. The van der Waals surface area contributed by atoms with Crippen LogP contribution in [0.15, 0.2) is 89.5 Å². The average molecular weight is 456 g/mol. The van der Waals surface area contributed by atoms with Gasteiger partial charge >= 0.3 is 0 Å². The minimum atomic E-state index is 0.974. The van der Waals surface area contributed by atoms with Gasteiger partial charge in [0.1, 0.15) is 0 Å². The van der Waals surface area contributed by atoms with Crippen molar-refractivity contribution in [1.29, 1.82) is 0 Å². The molecule has 3 aromatic carbocycles. The molecule has 0 atom stereocenters. The van der Waals surface area contributed by atoms with Gasteiger partial charge in [0, 0.05) is 16.2 Å². The molecule has 2 radical (unpaired) electrons. The molecule has 3 heterocycles. The summed E-state index contributed by atoms with van der Waals surface area (Å²) in [6.45, 7) is 0. The molecule has 0 amide bonds. The highest BCUT2D eigenvalue weighted by Crippen LogP contribution is 2.37. The van der Waals surface area contributed by atoms with E-state index in [4.69, 9.17) is 4.98 Å². The molecular formula is C27H16B2BrN. The quantitative estimate of drug-likeness (QED) is 0.387. The first-order chi connectivity index (χ1) is 15.3. The van der Waals surface area contributed by atoms with E-state index in [2.05, 4.69) is 122 Å². The Morgan fingerprint density at radius 3 is 1.94 bits per heavy atom. The Hall–Kier alpha value is -3.10. The predicted octanol–water partition coefficient (Wildman–Crippen LogP) is 5.19. The summed E-state index contributed by atoms with van der Waals surface area (Å²) < 4.78 is 0.982. The number of hydrogen-bond acceptors (Lipinski definition) is 1. The van der Waals surface area contributed by atoms with Crippen molar-refractivity contribution < 1.29 is 0 Å². The Morgan fingerprint density at radius 2 is 1.26 bits per heavy atom. The summed E-state index contributed by atoms with van der Waals surface area (Å²) in [5.74, 6) is 0. The normalized spacial score (nSPS) is 13.6. The molecule has 0 saturated carbocycles. The molecule has 31 heavy (non-hydrogen) atoms. The highest BCUT2D eigenvalue weighted by Gasteiger charge is 2.24. The van der Waals surface area contributed by atoms with Crippen LogP contribution in [-0.2, 0) is 0 Å². The van der Waals surface area contributed by atoms with E-state index < -0.39 is 0 Å². The molecule has 4 heteroatoms. The van der Waals surface area contributed by atoms with Gasteiger partial charge in [-0.1, -0.05) is 101 Å². The maximum Gasteiger partial charge on any atom is 0.193 e. The van der Waals surface area contributed by atoms with Crippen molar-refractivity contribution in [2.45, 2.75) is 0 Å². The zero-order valence-corrected chi connectivity index (χ0v) is 18.3. The minimum Gasteiger partial charge on any atom is -0.255 e. The van der Waals surface area contributed by atoms with E-state index in [9.17, 15) is 0 Å². The van der Waals surface area contributed by atoms with Crippen molar-refractivity contribution in [1.82, 2.24) is 4.98 Å². The van der Waals surface area contributed by atoms with Crippen LogP contribution in [0.3, 0.4) is 0 Å². The number of rotatable bonds is 3. The van der Waals surface area contributed by atoms with Crippen molar-refractivity contribution in [2.24, 2.45) is 0 Å². The van der Waals surface area contributed by atoms with Crippen LogP contribution in [0.4, 0.5) is 0 Å². The van der Waals surface area contributed by atoms with Crippen molar-refractivity contribution in [2.75, 3.05) is 0 Å². The van der Waals surface area contributed by atoms with E-state index >= 15 is 0 Å². The second-order valence-corrected chi connectivity index (χ2v) is 8.75. The van der Waals surface area contributed by atoms with Gasteiger partial charge in [0.2, 0.25) is 0 Å². The van der Waals surface area contributed by atoms with Crippen LogP contribution in [0.25, 0.3) is 34.4 Å².